The van der Waals surface area contributed by atoms with Crippen molar-refractivity contribution in [2.45, 2.75) is 26.4 Å². The smallest absolute Gasteiger partial charge is 0.323 e. The molecule has 8 heteroatoms. The summed E-state index contributed by atoms with van der Waals surface area (Å²) in [5.74, 6) is -0.851. The van der Waals surface area contributed by atoms with Crippen molar-refractivity contribution in [3.63, 3.8) is 0 Å². The van der Waals surface area contributed by atoms with Gasteiger partial charge in [-0.05, 0) is 6.42 Å². The predicted molar refractivity (Wildman–Crippen MR) is 79.7 cm³/mol. The van der Waals surface area contributed by atoms with E-state index in [4.69, 9.17) is 5.11 Å². The van der Waals surface area contributed by atoms with E-state index in [1.807, 2.05) is 6.20 Å². The fourth-order valence-electron chi connectivity index (χ4n) is 1.83. The van der Waals surface area contributed by atoms with Gasteiger partial charge in [0.05, 0.1) is 6.54 Å². The number of carboxylic acids is 1. The van der Waals surface area contributed by atoms with Gasteiger partial charge >= 0.3 is 5.97 Å². The number of hydrogen-bond donors (Lipinski definition) is 1. The number of nitrogens with zero attached hydrogens (tertiary/aromatic N) is 4. The summed E-state index contributed by atoms with van der Waals surface area (Å²) in [5.41, 5.74) is -0.422. The van der Waals surface area contributed by atoms with Gasteiger partial charge < -0.3 is 10.0 Å². The maximum absolute atomic E-state index is 12.2. The molecule has 0 amide bonds. The highest BCUT2D eigenvalue weighted by Gasteiger charge is 2.13. The summed E-state index contributed by atoms with van der Waals surface area (Å²) in [6, 6.07) is 0. The summed E-state index contributed by atoms with van der Waals surface area (Å²) < 4.78 is 1.13. The molecule has 1 N–H and O–H groups in total. The van der Waals surface area contributed by atoms with Crippen molar-refractivity contribution >= 4 is 23.1 Å². The van der Waals surface area contributed by atoms with Crippen LogP contribution in [0.15, 0.2) is 23.4 Å². The first kappa shape index (κ1) is 15.2. The van der Waals surface area contributed by atoms with Crippen LogP contribution in [0.1, 0.15) is 16.8 Å². The molecule has 0 fully saturated rings. The van der Waals surface area contributed by atoms with Crippen LogP contribution in [0.5, 0.6) is 0 Å². The zero-order valence-corrected chi connectivity index (χ0v) is 12.6. The molecule has 0 unspecified atom stereocenters. The largest absolute Gasteiger partial charge is 0.480 e. The summed E-state index contributed by atoms with van der Waals surface area (Å²) in [6.45, 7) is 2.15. The van der Waals surface area contributed by atoms with Crippen LogP contribution in [0, 0.1) is 0 Å². The van der Waals surface area contributed by atoms with Gasteiger partial charge in [0.2, 0.25) is 0 Å². The molecule has 2 rings (SSSR count). The molecule has 0 aromatic carbocycles. The maximum Gasteiger partial charge on any atom is 0.323 e. The van der Waals surface area contributed by atoms with E-state index in [1.54, 1.807) is 23.3 Å². The molecule has 0 bridgehead atoms. The predicted octanol–water partition coefficient (Wildman–Crippen LogP) is 0.983. The molecule has 21 heavy (non-hydrogen) atoms. The van der Waals surface area contributed by atoms with E-state index in [1.165, 1.54) is 17.3 Å². The second-order valence-corrected chi connectivity index (χ2v) is 5.71. The van der Waals surface area contributed by atoms with Crippen LogP contribution in [-0.4, -0.2) is 32.7 Å². The molecule has 2 heterocycles. The normalized spacial score (nSPS) is 10.6. The summed E-state index contributed by atoms with van der Waals surface area (Å²) in [4.78, 5) is 34.1. The molecule has 0 saturated carbocycles. The third kappa shape index (κ3) is 3.66. The number of aryl methyl sites for hydroxylation is 1. The molecular formula is C13H16N4O3S. The van der Waals surface area contributed by atoms with E-state index in [0.29, 0.717) is 6.54 Å². The zero-order chi connectivity index (χ0) is 15.4. The molecule has 0 atom stereocenters. The second kappa shape index (κ2) is 6.49. The number of carbonyl (C=O) groups is 1. The van der Waals surface area contributed by atoms with Crippen LogP contribution >= 0.6 is 11.3 Å². The third-order valence-electron chi connectivity index (χ3n) is 2.89. The van der Waals surface area contributed by atoms with Crippen molar-refractivity contribution in [3.05, 3.63) is 38.8 Å². The van der Waals surface area contributed by atoms with Gasteiger partial charge in [0, 0.05) is 30.5 Å². The molecule has 2 aromatic heterocycles. The lowest BCUT2D eigenvalue weighted by Gasteiger charge is -2.16. The van der Waals surface area contributed by atoms with Crippen molar-refractivity contribution in [2.75, 3.05) is 11.9 Å². The second-order valence-electron chi connectivity index (χ2n) is 4.51. The van der Waals surface area contributed by atoms with Gasteiger partial charge in [-0.15, -0.1) is 11.3 Å². The lowest BCUT2D eigenvalue weighted by Crippen LogP contribution is -2.31. The molecule has 0 aliphatic carbocycles. The van der Waals surface area contributed by atoms with E-state index >= 15 is 0 Å². The summed E-state index contributed by atoms with van der Waals surface area (Å²) in [5, 5.41) is 9.68. The van der Waals surface area contributed by atoms with E-state index < -0.39 is 11.5 Å². The first-order chi connectivity index (χ1) is 10.0. The Hall–Kier alpha value is -2.22. The topological polar surface area (TPSA) is 88.3 Å². The SMILES string of the molecule is CCc1cnc(CN(C)c2nccn(CC(=O)O)c2=O)s1. The Morgan fingerprint density at radius 1 is 1.48 bits per heavy atom. The van der Waals surface area contributed by atoms with Crippen molar-refractivity contribution in [2.24, 2.45) is 0 Å². The molecule has 112 valence electrons. The highest BCUT2D eigenvalue weighted by Crippen LogP contribution is 2.16. The molecule has 0 aliphatic heterocycles. The lowest BCUT2D eigenvalue weighted by molar-refractivity contribution is -0.137. The molecule has 0 saturated heterocycles. The van der Waals surface area contributed by atoms with Gasteiger partial charge in [-0.2, -0.15) is 0 Å². The number of carboxylic acid groups (broad SMARTS) is 1. The standard InChI is InChI=1S/C13H16N4O3S/c1-3-9-6-15-10(21-9)7-16(2)12-13(20)17(5-4-14-12)8-11(18)19/h4-6H,3,7-8H2,1-2H3,(H,18,19). The van der Waals surface area contributed by atoms with E-state index in [2.05, 4.69) is 16.9 Å². The first-order valence-corrected chi connectivity index (χ1v) is 7.25. The molecule has 2 aromatic rings. The number of aliphatic carboxylic acids is 1. The summed E-state index contributed by atoms with van der Waals surface area (Å²) >= 11 is 1.59. The Kier molecular flexibility index (Phi) is 4.69. The Balaban J connectivity index is 2.20. The Bertz CT molecular complexity index is 695. The van der Waals surface area contributed by atoms with Crippen LogP contribution in [0.3, 0.4) is 0 Å². The highest BCUT2D eigenvalue weighted by atomic mass is 32.1. The fourth-order valence-corrected chi connectivity index (χ4v) is 2.75. The lowest BCUT2D eigenvalue weighted by atomic mass is 10.4. The Morgan fingerprint density at radius 2 is 2.24 bits per heavy atom. The highest BCUT2D eigenvalue weighted by molar-refractivity contribution is 7.11. The molecular weight excluding hydrogens is 292 g/mol. The molecule has 0 radical (unpaired) electrons. The monoisotopic (exact) mass is 308 g/mol. The van der Waals surface area contributed by atoms with Crippen LogP contribution in [0.2, 0.25) is 0 Å². The van der Waals surface area contributed by atoms with E-state index in [9.17, 15) is 9.59 Å². The van der Waals surface area contributed by atoms with Gasteiger partial charge in [-0.1, -0.05) is 6.92 Å². The van der Waals surface area contributed by atoms with E-state index in [-0.39, 0.29) is 12.4 Å². The number of hydrogen-bond acceptors (Lipinski definition) is 6. The van der Waals surface area contributed by atoms with Gasteiger partial charge in [-0.25, -0.2) is 9.97 Å². The Labute approximate surface area is 125 Å². The average molecular weight is 308 g/mol. The van der Waals surface area contributed by atoms with Gasteiger partial charge in [-0.3, -0.25) is 14.2 Å². The fraction of sp³-hybridized carbons (Fsp3) is 0.385. The first-order valence-electron chi connectivity index (χ1n) is 6.43. The van der Waals surface area contributed by atoms with Gasteiger partial charge in [0.15, 0.2) is 5.82 Å². The minimum absolute atomic E-state index is 0.215. The third-order valence-corrected chi connectivity index (χ3v) is 4.01. The minimum atomic E-state index is -1.07. The van der Waals surface area contributed by atoms with Crippen molar-refractivity contribution < 1.29 is 9.90 Å². The maximum atomic E-state index is 12.2. The van der Waals surface area contributed by atoms with Crippen molar-refractivity contribution in [1.82, 2.24) is 14.5 Å². The number of thiazole rings is 1. The molecule has 7 nitrogen and oxygen atoms in total. The number of aromatic nitrogens is 3. The van der Waals surface area contributed by atoms with Crippen molar-refractivity contribution in [1.29, 1.82) is 0 Å². The quantitative estimate of drug-likeness (QED) is 0.856. The zero-order valence-electron chi connectivity index (χ0n) is 11.8. The van der Waals surface area contributed by atoms with Crippen LogP contribution < -0.4 is 10.5 Å². The van der Waals surface area contributed by atoms with Crippen LogP contribution in [0.25, 0.3) is 0 Å². The van der Waals surface area contributed by atoms with Gasteiger partial charge in [0.25, 0.3) is 5.56 Å². The number of rotatable bonds is 6. The Morgan fingerprint density at radius 3 is 2.86 bits per heavy atom. The summed E-state index contributed by atoms with van der Waals surface area (Å²) in [7, 11) is 1.74. The average Bonchev–Trinajstić information content (AvgIpc) is 2.88. The summed E-state index contributed by atoms with van der Waals surface area (Å²) in [6.07, 6.45) is 5.55. The van der Waals surface area contributed by atoms with Gasteiger partial charge in [0.1, 0.15) is 11.6 Å². The van der Waals surface area contributed by atoms with Crippen molar-refractivity contribution in [3.8, 4) is 0 Å². The molecule has 0 spiro atoms. The number of anilines is 1. The van der Waals surface area contributed by atoms with Crippen LogP contribution in [0.4, 0.5) is 5.82 Å². The van der Waals surface area contributed by atoms with E-state index in [0.717, 1.165) is 16.0 Å². The molecule has 0 aliphatic rings. The minimum Gasteiger partial charge on any atom is -0.480 e. The van der Waals surface area contributed by atoms with Crippen LogP contribution in [-0.2, 0) is 24.3 Å².